The molecule has 0 aromatic rings. The van der Waals surface area contributed by atoms with Crippen molar-refractivity contribution >= 4 is 33.2 Å². The van der Waals surface area contributed by atoms with Gasteiger partial charge in [0, 0.05) is 6.42 Å². The number of ether oxygens (including phenoxy) is 1. The summed E-state index contributed by atoms with van der Waals surface area (Å²) in [4.78, 5) is 10.6. The van der Waals surface area contributed by atoms with Crippen LogP contribution in [0.15, 0.2) is 0 Å². The van der Waals surface area contributed by atoms with Crippen molar-refractivity contribution in [2.24, 2.45) is 0 Å². The first-order valence-corrected chi connectivity index (χ1v) is 17.9. The predicted molar refractivity (Wildman–Crippen MR) is 54.0 cm³/mol. The third kappa shape index (κ3) is 17.2. The van der Waals surface area contributed by atoms with E-state index in [9.17, 15) is 4.79 Å². The van der Waals surface area contributed by atoms with Gasteiger partial charge in [-0.25, -0.2) is 0 Å². The summed E-state index contributed by atoms with van der Waals surface area (Å²) < 4.78 is 4.70. The van der Waals surface area contributed by atoms with Gasteiger partial charge in [-0.05, 0) is 13.3 Å². The molecule has 0 saturated carbocycles. The molecule has 0 rings (SSSR count). The molecule has 0 radical (unpaired) electrons. The van der Waals surface area contributed by atoms with Gasteiger partial charge in [0.05, 0.1) is 6.61 Å². The van der Waals surface area contributed by atoms with Gasteiger partial charge in [0.2, 0.25) is 0 Å². The number of hydrogen-bond donors (Lipinski definition) is 0. The SMILES string of the molecule is CCCCC(=O)OCC.[Br][Zn][Br]. The van der Waals surface area contributed by atoms with Crippen LogP contribution in [-0.2, 0) is 22.7 Å². The number of carbonyl (C=O) groups is 1. The van der Waals surface area contributed by atoms with Gasteiger partial charge in [-0.15, -0.1) is 0 Å². The van der Waals surface area contributed by atoms with Gasteiger partial charge in [0.1, 0.15) is 0 Å². The Morgan fingerprint density at radius 1 is 1.42 bits per heavy atom. The molecule has 12 heavy (non-hydrogen) atoms. The normalized spacial score (nSPS) is 7.67. The van der Waals surface area contributed by atoms with E-state index >= 15 is 0 Å². The summed E-state index contributed by atoms with van der Waals surface area (Å²) in [7, 11) is 0. The summed E-state index contributed by atoms with van der Waals surface area (Å²) >= 11 is 6.25. The molecule has 0 N–H and O–H groups in total. The molecule has 0 atom stereocenters. The van der Waals surface area contributed by atoms with E-state index in [4.69, 9.17) is 4.74 Å². The van der Waals surface area contributed by atoms with Crippen molar-refractivity contribution in [1.29, 1.82) is 0 Å². The van der Waals surface area contributed by atoms with Gasteiger partial charge >= 0.3 is 46.4 Å². The summed E-state index contributed by atoms with van der Waals surface area (Å²) in [6, 6.07) is 0. The van der Waals surface area contributed by atoms with Crippen LogP contribution in [0.5, 0.6) is 0 Å². The molecule has 0 bridgehead atoms. The summed E-state index contributed by atoms with van der Waals surface area (Å²) in [5, 5.41) is 0. The summed E-state index contributed by atoms with van der Waals surface area (Å²) in [6.45, 7) is 4.38. The maximum absolute atomic E-state index is 10.6. The number of halogens is 2. The average molecular weight is 355 g/mol. The molecule has 5 heteroatoms. The van der Waals surface area contributed by atoms with Gasteiger partial charge in [-0.3, -0.25) is 4.79 Å². The monoisotopic (exact) mass is 352 g/mol. The molecule has 0 aliphatic rings. The summed E-state index contributed by atoms with van der Waals surface area (Å²) in [5.41, 5.74) is 0. The number of unbranched alkanes of at least 4 members (excludes halogenated alkanes) is 1. The molecule has 70 valence electrons. The molecule has 0 spiro atoms. The Morgan fingerprint density at radius 2 is 1.92 bits per heavy atom. The maximum atomic E-state index is 10.6. The van der Waals surface area contributed by atoms with E-state index in [1.165, 1.54) is 0 Å². The Labute approximate surface area is 95.1 Å². The number of carbonyl (C=O) groups excluding carboxylic acids is 1. The fraction of sp³-hybridized carbons (Fsp3) is 0.857. The molecular formula is C7H14Br2O2Zn. The first kappa shape index (κ1) is 15.5. The predicted octanol–water partition coefficient (Wildman–Crippen LogP) is 3.43. The van der Waals surface area contributed by atoms with Crippen molar-refractivity contribution < 1.29 is 22.7 Å². The van der Waals surface area contributed by atoms with E-state index in [0.717, 1.165) is 12.8 Å². The molecule has 0 amide bonds. The van der Waals surface area contributed by atoms with Crippen LogP contribution in [0.1, 0.15) is 33.1 Å². The van der Waals surface area contributed by atoms with E-state index < -0.39 is 0 Å². The van der Waals surface area contributed by atoms with Gasteiger partial charge in [0.25, 0.3) is 0 Å². The topological polar surface area (TPSA) is 26.3 Å². The quantitative estimate of drug-likeness (QED) is 0.571. The van der Waals surface area contributed by atoms with Crippen LogP contribution >= 0.6 is 27.2 Å². The Kier molecular flexibility index (Phi) is 18.8. The standard InChI is InChI=1S/C7H14O2.2BrH.Zn/c1-3-5-6-7(8)9-4-2;;;/h3-6H2,1-2H3;2*1H;/q;;;+2/p-2. The van der Waals surface area contributed by atoms with Crippen LogP contribution < -0.4 is 0 Å². The van der Waals surface area contributed by atoms with Gasteiger partial charge in [0.15, 0.2) is 0 Å². The first-order chi connectivity index (χ1) is 5.72. The molecule has 0 heterocycles. The van der Waals surface area contributed by atoms with Gasteiger partial charge in [-0.2, -0.15) is 0 Å². The van der Waals surface area contributed by atoms with E-state index in [1.807, 2.05) is 6.92 Å². The van der Waals surface area contributed by atoms with Gasteiger partial charge < -0.3 is 4.74 Å². The minimum atomic E-state index is -0.250. The molecule has 0 aromatic heterocycles. The Bertz CT molecular complexity index is 101. The second-order valence-corrected chi connectivity index (χ2v) is 16.1. The van der Waals surface area contributed by atoms with Crippen molar-refractivity contribution in [1.82, 2.24) is 0 Å². The fourth-order valence-electron chi connectivity index (χ4n) is 0.554. The van der Waals surface area contributed by atoms with Crippen LogP contribution in [0, 0.1) is 0 Å². The van der Waals surface area contributed by atoms with Crippen LogP contribution in [0.4, 0.5) is 0 Å². The van der Waals surface area contributed by atoms with Crippen molar-refractivity contribution in [2.75, 3.05) is 6.61 Å². The Hall–Kier alpha value is 1.05. The van der Waals surface area contributed by atoms with Crippen molar-refractivity contribution in [3.63, 3.8) is 0 Å². The van der Waals surface area contributed by atoms with Gasteiger partial charge in [-0.1, -0.05) is 13.3 Å². The average Bonchev–Trinajstić information content (AvgIpc) is 2.03. The second kappa shape index (κ2) is 14.6. The Morgan fingerprint density at radius 3 is 2.25 bits per heavy atom. The zero-order valence-electron chi connectivity index (χ0n) is 7.61. The number of rotatable bonds is 4. The minimum absolute atomic E-state index is 0.0700. The fourth-order valence-corrected chi connectivity index (χ4v) is 0.554. The second-order valence-electron chi connectivity index (χ2n) is 2.01. The number of hydrogen-bond acceptors (Lipinski definition) is 2. The zero-order valence-corrected chi connectivity index (χ0v) is 13.7. The molecule has 0 aliphatic heterocycles. The molecule has 0 fully saturated rings. The first-order valence-electron chi connectivity index (χ1n) is 4.00. The third-order valence-electron chi connectivity index (χ3n) is 1.04. The van der Waals surface area contributed by atoms with Crippen LogP contribution in [0.2, 0.25) is 0 Å². The van der Waals surface area contributed by atoms with E-state index in [2.05, 4.69) is 34.2 Å². The molecule has 0 aromatic carbocycles. The molecule has 2 nitrogen and oxygen atoms in total. The van der Waals surface area contributed by atoms with Crippen LogP contribution in [0.25, 0.3) is 0 Å². The van der Waals surface area contributed by atoms with Crippen molar-refractivity contribution in [3.8, 4) is 0 Å². The third-order valence-corrected chi connectivity index (χ3v) is 1.04. The van der Waals surface area contributed by atoms with E-state index in [0.29, 0.717) is 13.0 Å². The summed E-state index contributed by atoms with van der Waals surface area (Å²) in [6.07, 6.45) is 2.57. The summed E-state index contributed by atoms with van der Waals surface area (Å²) in [5.74, 6) is -0.0700. The van der Waals surface area contributed by atoms with Crippen LogP contribution in [0.3, 0.4) is 0 Å². The van der Waals surface area contributed by atoms with E-state index in [-0.39, 0.29) is 19.2 Å². The molecule has 0 aliphatic carbocycles. The molecule has 0 unspecified atom stereocenters. The Balaban J connectivity index is 0. The van der Waals surface area contributed by atoms with E-state index in [1.54, 1.807) is 0 Å². The van der Waals surface area contributed by atoms with Crippen molar-refractivity contribution in [2.45, 2.75) is 33.1 Å². The molecular weight excluding hydrogens is 341 g/mol. The molecule has 0 saturated heterocycles. The number of esters is 1. The van der Waals surface area contributed by atoms with Crippen LogP contribution in [-0.4, -0.2) is 12.6 Å². The zero-order chi connectivity index (χ0) is 9.82. The van der Waals surface area contributed by atoms with Crippen molar-refractivity contribution in [3.05, 3.63) is 0 Å².